The predicted octanol–water partition coefficient (Wildman–Crippen LogP) is 1.01. The number of nitrogens with two attached hydrogens (primary N) is 1. The van der Waals surface area contributed by atoms with Crippen molar-refractivity contribution < 1.29 is 8.42 Å². The van der Waals surface area contributed by atoms with E-state index in [1.807, 2.05) is 11.8 Å². The third-order valence-corrected chi connectivity index (χ3v) is 6.53. The minimum atomic E-state index is -3.61. The standard InChI is InChI=1S/C10H14N4O2S3/c11-8-9(14-2-4-18-10(14)13-8)19(15,16)12-5-7-1-3-17-6-7/h2,4,7,12H,1,3,5-6,11H2. The van der Waals surface area contributed by atoms with Crippen molar-refractivity contribution in [2.24, 2.45) is 5.92 Å². The van der Waals surface area contributed by atoms with Gasteiger partial charge in [-0.05, 0) is 23.8 Å². The highest BCUT2D eigenvalue weighted by molar-refractivity contribution is 7.99. The van der Waals surface area contributed by atoms with Gasteiger partial charge < -0.3 is 5.73 Å². The lowest BCUT2D eigenvalue weighted by molar-refractivity contribution is 0.543. The number of fused-ring (bicyclic) bond motifs is 1. The lowest BCUT2D eigenvalue weighted by Gasteiger charge is -2.10. The Morgan fingerprint density at radius 2 is 2.42 bits per heavy atom. The first-order valence-corrected chi connectivity index (χ1v) is 9.38. The summed E-state index contributed by atoms with van der Waals surface area (Å²) in [5.74, 6) is 2.58. The molecule has 3 N–H and O–H groups in total. The number of nitrogens with zero attached hydrogens (tertiary/aromatic N) is 2. The molecule has 104 valence electrons. The third kappa shape index (κ3) is 2.47. The molecule has 1 atom stereocenters. The maximum Gasteiger partial charge on any atom is 0.260 e. The number of hydrogen-bond acceptors (Lipinski definition) is 6. The van der Waals surface area contributed by atoms with Gasteiger partial charge in [-0.1, -0.05) is 0 Å². The number of thioether (sulfide) groups is 1. The molecule has 0 spiro atoms. The quantitative estimate of drug-likeness (QED) is 0.878. The summed E-state index contributed by atoms with van der Waals surface area (Å²) in [6.07, 6.45) is 2.73. The van der Waals surface area contributed by atoms with Gasteiger partial charge >= 0.3 is 0 Å². The van der Waals surface area contributed by atoms with E-state index in [-0.39, 0.29) is 10.8 Å². The van der Waals surface area contributed by atoms with E-state index in [0.29, 0.717) is 17.4 Å². The molecule has 3 rings (SSSR count). The van der Waals surface area contributed by atoms with E-state index >= 15 is 0 Å². The molecular formula is C10H14N4O2S3. The van der Waals surface area contributed by atoms with E-state index < -0.39 is 10.0 Å². The highest BCUT2D eigenvalue weighted by atomic mass is 32.2. The van der Waals surface area contributed by atoms with E-state index in [2.05, 4.69) is 9.71 Å². The van der Waals surface area contributed by atoms with Gasteiger partial charge in [0.15, 0.2) is 15.8 Å². The summed E-state index contributed by atoms with van der Waals surface area (Å²) in [4.78, 5) is 4.65. The van der Waals surface area contributed by atoms with Gasteiger partial charge in [0.25, 0.3) is 10.0 Å². The fourth-order valence-electron chi connectivity index (χ4n) is 2.09. The zero-order valence-electron chi connectivity index (χ0n) is 10.1. The van der Waals surface area contributed by atoms with E-state index in [1.54, 1.807) is 11.6 Å². The van der Waals surface area contributed by atoms with Gasteiger partial charge in [-0.25, -0.2) is 18.1 Å². The van der Waals surface area contributed by atoms with Gasteiger partial charge in [-0.3, -0.25) is 4.40 Å². The molecule has 0 radical (unpaired) electrons. The second-order valence-electron chi connectivity index (χ2n) is 4.44. The Hall–Kier alpha value is -0.770. The number of imidazole rings is 1. The molecule has 0 bridgehead atoms. The molecule has 1 fully saturated rings. The molecule has 2 aromatic heterocycles. The first kappa shape index (κ1) is 13.2. The highest BCUT2D eigenvalue weighted by Crippen LogP contribution is 2.25. The topological polar surface area (TPSA) is 89.5 Å². The van der Waals surface area contributed by atoms with Crippen molar-refractivity contribution in [3.05, 3.63) is 11.6 Å². The normalized spacial score (nSPS) is 20.3. The van der Waals surface area contributed by atoms with Crippen LogP contribution in [-0.4, -0.2) is 35.9 Å². The average Bonchev–Trinajstić information content (AvgIpc) is 3.01. The van der Waals surface area contributed by atoms with Crippen molar-refractivity contribution in [1.82, 2.24) is 14.1 Å². The van der Waals surface area contributed by atoms with Crippen LogP contribution in [0.25, 0.3) is 4.96 Å². The molecule has 0 amide bonds. The molecule has 2 aromatic rings. The van der Waals surface area contributed by atoms with Crippen molar-refractivity contribution in [2.75, 3.05) is 23.8 Å². The Kier molecular flexibility index (Phi) is 3.46. The number of hydrogen-bond donors (Lipinski definition) is 2. The van der Waals surface area contributed by atoms with Gasteiger partial charge in [0.05, 0.1) is 0 Å². The highest BCUT2D eigenvalue weighted by Gasteiger charge is 2.26. The minimum absolute atomic E-state index is 0.0504. The SMILES string of the molecule is Nc1nc2sccn2c1S(=O)(=O)NCC1CCSC1. The summed E-state index contributed by atoms with van der Waals surface area (Å²) in [5.41, 5.74) is 5.72. The fraction of sp³-hybridized carbons (Fsp3) is 0.500. The lowest BCUT2D eigenvalue weighted by atomic mass is 10.1. The fourth-order valence-corrected chi connectivity index (χ4v) is 5.47. The number of aromatic nitrogens is 2. The zero-order chi connectivity index (χ0) is 13.5. The van der Waals surface area contributed by atoms with Crippen molar-refractivity contribution in [3.63, 3.8) is 0 Å². The summed E-state index contributed by atoms with van der Waals surface area (Å²) < 4.78 is 28.8. The monoisotopic (exact) mass is 318 g/mol. The summed E-state index contributed by atoms with van der Waals surface area (Å²) >= 11 is 3.22. The number of nitrogen functional groups attached to an aromatic ring is 1. The zero-order valence-corrected chi connectivity index (χ0v) is 12.5. The number of rotatable bonds is 4. The Morgan fingerprint density at radius 3 is 3.16 bits per heavy atom. The van der Waals surface area contributed by atoms with Crippen LogP contribution in [0, 0.1) is 5.92 Å². The Labute approximate surface area is 119 Å². The van der Waals surface area contributed by atoms with Crippen LogP contribution in [0.1, 0.15) is 6.42 Å². The first-order valence-electron chi connectivity index (χ1n) is 5.86. The van der Waals surface area contributed by atoms with Crippen molar-refractivity contribution in [1.29, 1.82) is 0 Å². The van der Waals surface area contributed by atoms with Crippen LogP contribution in [0.15, 0.2) is 16.6 Å². The Bertz CT molecular complexity index is 685. The summed E-state index contributed by atoms with van der Waals surface area (Å²) in [5, 5.41) is 1.84. The van der Waals surface area contributed by atoms with Gasteiger partial charge in [-0.2, -0.15) is 11.8 Å². The molecule has 0 aliphatic carbocycles. The van der Waals surface area contributed by atoms with Crippen LogP contribution in [0.4, 0.5) is 5.82 Å². The van der Waals surface area contributed by atoms with Crippen LogP contribution in [0.5, 0.6) is 0 Å². The number of nitrogens with one attached hydrogen (secondary N) is 1. The molecule has 9 heteroatoms. The molecule has 1 saturated heterocycles. The van der Waals surface area contributed by atoms with Gasteiger partial charge in [0.1, 0.15) is 0 Å². The third-order valence-electron chi connectivity index (χ3n) is 3.08. The molecule has 0 saturated carbocycles. The summed E-state index contributed by atoms with van der Waals surface area (Å²) in [7, 11) is -3.61. The van der Waals surface area contributed by atoms with Gasteiger partial charge in [-0.15, -0.1) is 11.3 Å². The first-order chi connectivity index (χ1) is 9.08. The second-order valence-corrected chi connectivity index (χ2v) is 8.14. The number of thiazole rings is 1. The summed E-state index contributed by atoms with van der Waals surface area (Å²) in [6, 6.07) is 0. The molecule has 19 heavy (non-hydrogen) atoms. The van der Waals surface area contributed by atoms with Crippen LogP contribution in [-0.2, 0) is 10.0 Å². The van der Waals surface area contributed by atoms with Crippen molar-refractivity contribution >= 4 is 43.9 Å². The Balaban J connectivity index is 1.86. The van der Waals surface area contributed by atoms with Gasteiger partial charge in [0.2, 0.25) is 0 Å². The number of sulfonamides is 1. The van der Waals surface area contributed by atoms with E-state index in [1.165, 1.54) is 15.7 Å². The van der Waals surface area contributed by atoms with Crippen LogP contribution < -0.4 is 10.5 Å². The molecule has 1 aliphatic rings. The molecular weight excluding hydrogens is 304 g/mol. The lowest BCUT2D eigenvalue weighted by Crippen LogP contribution is -2.30. The predicted molar refractivity (Wildman–Crippen MR) is 78.1 cm³/mol. The summed E-state index contributed by atoms with van der Waals surface area (Å²) in [6.45, 7) is 0.464. The molecule has 0 aromatic carbocycles. The maximum absolute atomic E-state index is 12.3. The molecule has 3 heterocycles. The molecule has 6 nitrogen and oxygen atoms in total. The maximum atomic E-state index is 12.3. The van der Waals surface area contributed by atoms with Gasteiger partial charge in [0, 0.05) is 18.1 Å². The van der Waals surface area contributed by atoms with Crippen LogP contribution >= 0.6 is 23.1 Å². The average molecular weight is 318 g/mol. The number of anilines is 1. The van der Waals surface area contributed by atoms with E-state index in [9.17, 15) is 8.42 Å². The van der Waals surface area contributed by atoms with E-state index in [4.69, 9.17) is 5.73 Å². The second kappa shape index (κ2) is 4.97. The minimum Gasteiger partial charge on any atom is -0.381 e. The smallest absolute Gasteiger partial charge is 0.260 e. The Morgan fingerprint density at radius 1 is 1.58 bits per heavy atom. The van der Waals surface area contributed by atoms with E-state index in [0.717, 1.165) is 17.9 Å². The van der Waals surface area contributed by atoms with Crippen molar-refractivity contribution in [3.8, 4) is 0 Å². The van der Waals surface area contributed by atoms with Crippen LogP contribution in [0.3, 0.4) is 0 Å². The van der Waals surface area contributed by atoms with Crippen molar-refractivity contribution in [2.45, 2.75) is 11.4 Å². The largest absolute Gasteiger partial charge is 0.381 e. The molecule has 1 unspecified atom stereocenters. The van der Waals surface area contributed by atoms with Crippen LogP contribution in [0.2, 0.25) is 0 Å². The molecule has 1 aliphatic heterocycles.